The number of nitro groups is 1. The topological polar surface area (TPSA) is 114 Å². The Kier molecular flexibility index (Phi) is 4.16. The minimum atomic E-state index is -3.35. The maximum atomic E-state index is 11.3. The monoisotopic (exact) mass is 316 g/mol. The molecular weight excluding hydrogens is 304 g/mol. The molecule has 0 radical (unpaired) electrons. The summed E-state index contributed by atoms with van der Waals surface area (Å²) >= 11 is 1.31. The summed E-state index contributed by atoms with van der Waals surface area (Å²) in [5.74, 6) is -0.171. The molecule has 2 aromatic rings. The number of thiazole rings is 1. The predicted molar refractivity (Wildman–Crippen MR) is 77.6 cm³/mol. The van der Waals surface area contributed by atoms with Gasteiger partial charge in [0.2, 0.25) is 10.0 Å². The zero-order valence-corrected chi connectivity index (χ0v) is 12.1. The van der Waals surface area contributed by atoms with Gasteiger partial charge in [0.05, 0.1) is 20.9 Å². The van der Waals surface area contributed by atoms with Crippen LogP contribution in [-0.2, 0) is 10.0 Å². The molecule has 0 saturated heterocycles. The Morgan fingerprint density at radius 3 is 2.85 bits per heavy atom. The Morgan fingerprint density at radius 1 is 1.45 bits per heavy atom. The molecule has 20 heavy (non-hydrogen) atoms. The third kappa shape index (κ3) is 3.03. The molecule has 0 aliphatic carbocycles. The lowest BCUT2D eigenvalue weighted by atomic mass is 10.2. The largest absolute Gasteiger partial charge is 0.378 e. The lowest BCUT2D eigenvalue weighted by molar-refractivity contribution is -0.382. The van der Waals surface area contributed by atoms with E-state index in [9.17, 15) is 18.5 Å². The van der Waals surface area contributed by atoms with Crippen molar-refractivity contribution in [3.05, 3.63) is 27.8 Å². The van der Waals surface area contributed by atoms with Crippen LogP contribution in [0.1, 0.15) is 0 Å². The van der Waals surface area contributed by atoms with Crippen molar-refractivity contribution in [2.75, 3.05) is 24.7 Å². The maximum Gasteiger partial charge on any atom is 0.319 e. The van der Waals surface area contributed by atoms with E-state index in [-0.39, 0.29) is 23.7 Å². The summed E-state index contributed by atoms with van der Waals surface area (Å²) < 4.78 is 25.5. The van der Waals surface area contributed by atoms with Gasteiger partial charge in [0.25, 0.3) is 0 Å². The van der Waals surface area contributed by atoms with Crippen LogP contribution in [0.25, 0.3) is 10.2 Å². The molecule has 0 atom stereocenters. The van der Waals surface area contributed by atoms with E-state index in [2.05, 4.69) is 15.0 Å². The maximum absolute atomic E-state index is 11.3. The highest BCUT2D eigenvalue weighted by molar-refractivity contribution is 7.89. The summed E-state index contributed by atoms with van der Waals surface area (Å²) in [6.07, 6.45) is 0. The molecule has 0 aliphatic rings. The number of hydrogen-bond donors (Lipinski definition) is 2. The fourth-order valence-electron chi connectivity index (χ4n) is 1.67. The average Bonchev–Trinajstić information content (AvgIpc) is 2.85. The minimum Gasteiger partial charge on any atom is -0.378 e. The van der Waals surface area contributed by atoms with Crippen molar-refractivity contribution >= 4 is 43.0 Å². The Morgan fingerprint density at radius 2 is 2.20 bits per heavy atom. The summed E-state index contributed by atoms with van der Waals surface area (Å²) in [7, 11) is -2.03. The van der Waals surface area contributed by atoms with E-state index in [1.165, 1.54) is 23.9 Å². The average molecular weight is 316 g/mol. The number of hydrogen-bond acceptors (Lipinski definition) is 7. The third-order valence-electron chi connectivity index (χ3n) is 2.66. The molecule has 0 saturated carbocycles. The standard InChI is InChI=1S/C10H12N4O4S2/c1-11-20(17,18)5-4-12-7-2-3-8-9(13-6-19-8)10(7)14(15)16/h2-3,6,11-12H,4-5H2,1H3. The Hall–Kier alpha value is -1.78. The van der Waals surface area contributed by atoms with Crippen molar-refractivity contribution in [3.63, 3.8) is 0 Å². The molecule has 108 valence electrons. The van der Waals surface area contributed by atoms with Crippen molar-refractivity contribution in [1.29, 1.82) is 0 Å². The summed E-state index contributed by atoms with van der Waals surface area (Å²) in [6.45, 7) is 0.0691. The van der Waals surface area contributed by atoms with Crippen LogP contribution in [0.2, 0.25) is 0 Å². The Bertz CT molecular complexity index is 741. The van der Waals surface area contributed by atoms with Crippen LogP contribution in [0.5, 0.6) is 0 Å². The quantitative estimate of drug-likeness (QED) is 0.610. The predicted octanol–water partition coefficient (Wildman–Crippen LogP) is 1.17. The Labute approximate surface area is 119 Å². The lowest BCUT2D eigenvalue weighted by Gasteiger charge is -2.07. The Balaban J connectivity index is 2.26. The first-order chi connectivity index (χ1) is 9.44. The molecule has 0 unspecified atom stereocenters. The second kappa shape index (κ2) is 5.69. The number of nitrogens with one attached hydrogen (secondary N) is 2. The van der Waals surface area contributed by atoms with Crippen molar-refractivity contribution in [1.82, 2.24) is 9.71 Å². The number of anilines is 1. The van der Waals surface area contributed by atoms with Crippen LogP contribution in [-0.4, -0.2) is 37.7 Å². The van der Waals surface area contributed by atoms with Gasteiger partial charge in [-0.3, -0.25) is 10.1 Å². The number of sulfonamides is 1. The van der Waals surface area contributed by atoms with E-state index in [0.29, 0.717) is 10.2 Å². The first-order valence-electron chi connectivity index (χ1n) is 5.60. The summed E-state index contributed by atoms with van der Waals surface area (Å²) in [4.78, 5) is 14.6. The van der Waals surface area contributed by atoms with Crippen LogP contribution < -0.4 is 10.0 Å². The molecule has 0 spiro atoms. The number of nitrogens with zero attached hydrogens (tertiary/aromatic N) is 2. The molecular formula is C10H12N4O4S2. The number of aromatic nitrogens is 1. The number of benzene rings is 1. The van der Waals surface area contributed by atoms with Crippen LogP contribution in [0.15, 0.2) is 17.6 Å². The van der Waals surface area contributed by atoms with Crippen LogP contribution in [0, 0.1) is 10.1 Å². The molecule has 2 N–H and O–H groups in total. The molecule has 1 heterocycles. The summed E-state index contributed by atoms with van der Waals surface area (Å²) in [5.41, 5.74) is 1.97. The zero-order chi connectivity index (χ0) is 14.8. The highest BCUT2D eigenvalue weighted by Crippen LogP contribution is 2.34. The second-order valence-corrected chi connectivity index (χ2v) is 6.80. The number of nitro benzene ring substituents is 1. The van der Waals surface area contributed by atoms with Crippen molar-refractivity contribution < 1.29 is 13.3 Å². The zero-order valence-electron chi connectivity index (χ0n) is 10.5. The first-order valence-corrected chi connectivity index (χ1v) is 8.13. The van der Waals surface area contributed by atoms with Gasteiger partial charge in [0.15, 0.2) is 5.52 Å². The fourth-order valence-corrected chi connectivity index (χ4v) is 2.92. The number of fused-ring (bicyclic) bond motifs is 1. The van der Waals surface area contributed by atoms with Gasteiger partial charge in [-0.1, -0.05) is 0 Å². The van der Waals surface area contributed by atoms with Crippen LogP contribution >= 0.6 is 11.3 Å². The van der Waals surface area contributed by atoms with Gasteiger partial charge in [-0.05, 0) is 19.2 Å². The van der Waals surface area contributed by atoms with Gasteiger partial charge >= 0.3 is 5.69 Å². The number of rotatable bonds is 6. The van der Waals surface area contributed by atoms with E-state index in [4.69, 9.17) is 0 Å². The van der Waals surface area contributed by atoms with E-state index >= 15 is 0 Å². The van der Waals surface area contributed by atoms with Gasteiger partial charge in [-0.25, -0.2) is 18.1 Å². The molecule has 0 bridgehead atoms. The normalized spacial score (nSPS) is 11.7. The molecule has 2 rings (SSSR count). The summed E-state index contributed by atoms with van der Waals surface area (Å²) in [5, 5.41) is 13.9. The van der Waals surface area contributed by atoms with Gasteiger partial charge in [0.1, 0.15) is 5.69 Å². The van der Waals surface area contributed by atoms with E-state index in [1.807, 2.05) is 0 Å². The molecule has 8 nitrogen and oxygen atoms in total. The molecule has 0 fully saturated rings. The highest BCUT2D eigenvalue weighted by atomic mass is 32.2. The SMILES string of the molecule is CNS(=O)(=O)CCNc1ccc2scnc2c1[N+](=O)[O-]. The van der Waals surface area contributed by atoms with E-state index in [0.717, 1.165) is 0 Å². The van der Waals surface area contributed by atoms with Crippen molar-refractivity contribution in [3.8, 4) is 0 Å². The summed E-state index contributed by atoms with van der Waals surface area (Å²) in [6, 6.07) is 3.28. The minimum absolute atomic E-state index is 0.0691. The van der Waals surface area contributed by atoms with Crippen LogP contribution in [0.3, 0.4) is 0 Å². The molecule has 1 aromatic heterocycles. The molecule has 0 amide bonds. The van der Waals surface area contributed by atoms with E-state index in [1.54, 1.807) is 12.1 Å². The lowest BCUT2D eigenvalue weighted by Crippen LogP contribution is -2.26. The second-order valence-electron chi connectivity index (χ2n) is 3.87. The molecule has 0 aliphatic heterocycles. The first kappa shape index (κ1) is 14.6. The van der Waals surface area contributed by atoms with Gasteiger partial charge in [-0.15, -0.1) is 11.3 Å². The smallest absolute Gasteiger partial charge is 0.319 e. The van der Waals surface area contributed by atoms with Gasteiger partial charge < -0.3 is 5.32 Å². The van der Waals surface area contributed by atoms with E-state index < -0.39 is 14.9 Å². The molecule has 10 heteroatoms. The fraction of sp³-hybridized carbons (Fsp3) is 0.300. The molecule has 1 aromatic carbocycles. The highest BCUT2D eigenvalue weighted by Gasteiger charge is 2.20. The third-order valence-corrected chi connectivity index (χ3v) is 4.81. The van der Waals surface area contributed by atoms with Gasteiger partial charge in [-0.2, -0.15) is 0 Å². The van der Waals surface area contributed by atoms with Crippen LogP contribution in [0.4, 0.5) is 11.4 Å². The van der Waals surface area contributed by atoms with Crippen molar-refractivity contribution in [2.24, 2.45) is 0 Å². The van der Waals surface area contributed by atoms with Gasteiger partial charge in [0, 0.05) is 6.54 Å². The van der Waals surface area contributed by atoms with Crippen molar-refractivity contribution in [2.45, 2.75) is 0 Å².